The Labute approximate surface area is 117 Å². The molecule has 0 spiro atoms. The second kappa shape index (κ2) is 6.48. The molecule has 0 radical (unpaired) electrons. The van der Waals surface area contributed by atoms with E-state index < -0.39 is 24.2 Å². The van der Waals surface area contributed by atoms with Gasteiger partial charge in [0.25, 0.3) is 5.91 Å². The van der Waals surface area contributed by atoms with Crippen LogP contribution in [0.3, 0.4) is 0 Å². The lowest BCUT2D eigenvalue weighted by Crippen LogP contribution is -2.36. The van der Waals surface area contributed by atoms with Crippen molar-refractivity contribution >= 4 is 34.5 Å². The predicted octanol–water partition coefficient (Wildman–Crippen LogP) is 2.14. The summed E-state index contributed by atoms with van der Waals surface area (Å²) in [6, 6.07) is 3.74. The molecule has 0 aliphatic rings. The van der Waals surface area contributed by atoms with Gasteiger partial charge < -0.3 is 10.0 Å². The first kappa shape index (κ1) is 14.6. The van der Waals surface area contributed by atoms with E-state index in [0.29, 0.717) is 3.57 Å². The van der Waals surface area contributed by atoms with Gasteiger partial charge in [0.15, 0.2) is 0 Å². The summed E-state index contributed by atoms with van der Waals surface area (Å²) in [5.41, 5.74) is 0.278. The predicted molar refractivity (Wildman–Crippen MR) is 72.9 cm³/mol. The average molecular weight is 363 g/mol. The van der Waals surface area contributed by atoms with Crippen molar-refractivity contribution in [2.75, 3.05) is 13.1 Å². The Bertz CT molecular complexity index is 490. The molecule has 0 fully saturated rings. The normalized spacial score (nSPS) is 9.89. The number of carboxylic acids is 1. The SMILES string of the molecule is C=CCN(CC(=O)O)C(=O)c1ccc(F)cc1I. The number of benzene rings is 1. The number of carbonyl (C=O) groups excluding carboxylic acids is 1. The van der Waals surface area contributed by atoms with Crippen LogP contribution in [0.1, 0.15) is 10.4 Å². The summed E-state index contributed by atoms with van der Waals surface area (Å²) in [6.45, 7) is 3.18. The number of rotatable bonds is 5. The monoisotopic (exact) mass is 363 g/mol. The van der Waals surface area contributed by atoms with Crippen LogP contribution in [0.4, 0.5) is 4.39 Å². The minimum absolute atomic E-state index is 0.124. The molecule has 0 saturated carbocycles. The van der Waals surface area contributed by atoms with Crippen LogP contribution in [0.5, 0.6) is 0 Å². The highest BCUT2D eigenvalue weighted by Crippen LogP contribution is 2.16. The van der Waals surface area contributed by atoms with Crippen LogP contribution in [0.25, 0.3) is 0 Å². The fourth-order valence-corrected chi connectivity index (χ4v) is 2.08. The average Bonchev–Trinajstić information content (AvgIpc) is 2.27. The molecule has 0 bridgehead atoms. The van der Waals surface area contributed by atoms with Gasteiger partial charge >= 0.3 is 5.97 Å². The van der Waals surface area contributed by atoms with E-state index in [0.717, 1.165) is 4.90 Å². The fraction of sp³-hybridized carbons (Fsp3) is 0.167. The molecule has 1 aromatic rings. The molecule has 1 aromatic carbocycles. The van der Waals surface area contributed by atoms with E-state index in [4.69, 9.17) is 5.11 Å². The third-order valence-corrected chi connectivity index (χ3v) is 3.02. The lowest BCUT2D eigenvalue weighted by molar-refractivity contribution is -0.137. The van der Waals surface area contributed by atoms with Crippen molar-refractivity contribution in [3.63, 3.8) is 0 Å². The first-order valence-electron chi connectivity index (χ1n) is 5.02. The lowest BCUT2D eigenvalue weighted by atomic mass is 10.2. The molecule has 0 heterocycles. The van der Waals surface area contributed by atoms with Crippen molar-refractivity contribution in [3.8, 4) is 0 Å². The molecule has 1 amide bonds. The summed E-state index contributed by atoms with van der Waals surface area (Å²) >= 11 is 1.84. The highest BCUT2D eigenvalue weighted by atomic mass is 127. The number of aliphatic carboxylic acids is 1. The van der Waals surface area contributed by atoms with Gasteiger partial charge in [-0.15, -0.1) is 6.58 Å². The van der Waals surface area contributed by atoms with E-state index in [-0.39, 0.29) is 12.1 Å². The van der Waals surface area contributed by atoms with Gasteiger partial charge in [-0.2, -0.15) is 0 Å². The zero-order chi connectivity index (χ0) is 13.7. The van der Waals surface area contributed by atoms with Gasteiger partial charge in [0.1, 0.15) is 12.4 Å². The zero-order valence-electron chi connectivity index (χ0n) is 9.40. The number of carboxylic acid groups (broad SMARTS) is 1. The summed E-state index contributed by atoms with van der Waals surface area (Å²) in [4.78, 5) is 23.9. The smallest absolute Gasteiger partial charge is 0.323 e. The van der Waals surface area contributed by atoms with E-state index in [2.05, 4.69) is 6.58 Å². The number of hydrogen-bond donors (Lipinski definition) is 1. The Morgan fingerprint density at radius 1 is 1.50 bits per heavy atom. The van der Waals surface area contributed by atoms with Gasteiger partial charge in [-0.05, 0) is 40.8 Å². The molecule has 0 saturated heterocycles. The van der Waals surface area contributed by atoms with Gasteiger partial charge in [0.05, 0.1) is 5.56 Å². The van der Waals surface area contributed by atoms with Crippen LogP contribution >= 0.6 is 22.6 Å². The Kier molecular flexibility index (Phi) is 5.26. The quantitative estimate of drug-likeness (QED) is 0.644. The highest BCUT2D eigenvalue weighted by molar-refractivity contribution is 14.1. The van der Waals surface area contributed by atoms with Gasteiger partial charge in [-0.25, -0.2) is 4.39 Å². The largest absolute Gasteiger partial charge is 0.480 e. The molecular weight excluding hydrogens is 352 g/mol. The lowest BCUT2D eigenvalue weighted by Gasteiger charge is -2.19. The summed E-state index contributed by atoms with van der Waals surface area (Å²) in [7, 11) is 0. The first-order chi connectivity index (χ1) is 8.45. The Balaban J connectivity index is 3.01. The maximum atomic E-state index is 12.9. The van der Waals surface area contributed by atoms with E-state index in [9.17, 15) is 14.0 Å². The van der Waals surface area contributed by atoms with Crippen LogP contribution in [0.2, 0.25) is 0 Å². The maximum Gasteiger partial charge on any atom is 0.323 e. The van der Waals surface area contributed by atoms with Crippen molar-refractivity contribution in [2.45, 2.75) is 0 Å². The molecule has 0 unspecified atom stereocenters. The Morgan fingerprint density at radius 3 is 2.67 bits per heavy atom. The second-order valence-electron chi connectivity index (χ2n) is 3.49. The Hall–Kier alpha value is -1.44. The number of hydrogen-bond acceptors (Lipinski definition) is 2. The van der Waals surface area contributed by atoms with Crippen LogP contribution in [0.15, 0.2) is 30.9 Å². The highest BCUT2D eigenvalue weighted by Gasteiger charge is 2.19. The van der Waals surface area contributed by atoms with E-state index in [1.165, 1.54) is 24.3 Å². The van der Waals surface area contributed by atoms with Gasteiger partial charge in [-0.3, -0.25) is 9.59 Å². The minimum atomic E-state index is -1.11. The van der Waals surface area contributed by atoms with Crippen molar-refractivity contribution < 1.29 is 19.1 Å². The van der Waals surface area contributed by atoms with Crippen molar-refractivity contribution in [3.05, 3.63) is 45.8 Å². The molecule has 0 aromatic heterocycles. The molecule has 0 aliphatic carbocycles. The van der Waals surface area contributed by atoms with Gasteiger partial charge in [0, 0.05) is 10.1 Å². The third-order valence-electron chi connectivity index (χ3n) is 2.12. The zero-order valence-corrected chi connectivity index (χ0v) is 11.6. The first-order valence-corrected chi connectivity index (χ1v) is 6.10. The summed E-state index contributed by atoms with van der Waals surface area (Å²) < 4.78 is 13.4. The number of amides is 1. The number of carbonyl (C=O) groups is 2. The molecule has 1 rings (SSSR count). The molecule has 4 nitrogen and oxygen atoms in total. The summed E-state index contributed by atoms with van der Waals surface area (Å²) in [5.74, 6) is -2.01. The van der Waals surface area contributed by atoms with Crippen molar-refractivity contribution in [1.29, 1.82) is 0 Å². The van der Waals surface area contributed by atoms with Gasteiger partial charge in [-0.1, -0.05) is 6.08 Å². The van der Waals surface area contributed by atoms with Crippen LogP contribution in [-0.2, 0) is 4.79 Å². The molecule has 96 valence electrons. The standard InChI is InChI=1S/C12H11FINO3/c1-2-5-15(7-11(16)17)12(18)9-4-3-8(13)6-10(9)14/h2-4,6H,1,5,7H2,(H,16,17). The Morgan fingerprint density at radius 2 is 2.17 bits per heavy atom. The van der Waals surface area contributed by atoms with Crippen molar-refractivity contribution in [2.24, 2.45) is 0 Å². The van der Waals surface area contributed by atoms with E-state index in [1.807, 2.05) is 22.6 Å². The van der Waals surface area contributed by atoms with E-state index >= 15 is 0 Å². The maximum absolute atomic E-state index is 12.9. The summed E-state index contributed by atoms with van der Waals surface area (Å²) in [6.07, 6.45) is 1.44. The van der Waals surface area contributed by atoms with Gasteiger partial charge in [0.2, 0.25) is 0 Å². The summed E-state index contributed by atoms with van der Waals surface area (Å²) in [5, 5.41) is 8.73. The number of halogens is 2. The fourth-order valence-electron chi connectivity index (χ4n) is 1.37. The van der Waals surface area contributed by atoms with E-state index in [1.54, 1.807) is 0 Å². The van der Waals surface area contributed by atoms with Crippen LogP contribution < -0.4 is 0 Å². The second-order valence-corrected chi connectivity index (χ2v) is 4.65. The minimum Gasteiger partial charge on any atom is -0.480 e. The van der Waals surface area contributed by atoms with Crippen molar-refractivity contribution in [1.82, 2.24) is 4.90 Å². The number of nitrogens with zero attached hydrogens (tertiary/aromatic N) is 1. The molecule has 1 N–H and O–H groups in total. The topological polar surface area (TPSA) is 57.6 Å². The van der Waals surface area contributed by atoms with Crippen LogP contribution in [0, 0.1) is 9.39 Å². The molecule has 6 heteroatoms. The van der Waals surface area contributed by atoms with Crippen LogP contribution in [-0.4, -0.2) is 35.0 Å². The molecule has 18 heavy (non-hydrogen) atoms. The molecular formula is C12H11FINO3. The molecule has 0 atom stereocenters. The third kappa shape index (κ3) is 3.80. The molecule has 0 aliphatic heterocycles.